The summed E-state index contributed by atoms with van der Waals surface area (Å²) in [6.45, 7) is 0. The molecule has 0 saturated carbocycles. The quantitative estimate of drug-likeness (QED) is 0.687. The van der Waals surface area contributed by atoms with Crippen molar-refractivity contribution in [1.82, 2.24) is 9.97 Å². The molecule has 0 radical (unpaired) electrons. The highest BCUT2D eigenvalue weighted by Gasteiger charge is 2.19. The number of H-pyrrole nitrogens is 1. The first-order chi connectivity index (χ1) is 10.2. The van der Waals surface area contributed by atoms with Gasteiger partial charge < -0.3 is 14.5 Å². The fourth-order valence-electron chi connectivity index (χ4n) is 1.92. The molecule has 1 aromatic carbocycles. The summed E-state index contributed by atoms with van der Waals surface area (Å²) in [6.07, 6.45) is 1.79. The van der Waals surface area contributed by atoms with Crippen LogP contribution in [0, 0.1) is 11.3 Å². The second-order valence-corrected chi connectivity index (χ2v) is 4.75. The van der Waals surface area contributed by atoms with Gasteiger partial charge in [0.25, 0.3) is 5.56 Å². The lowest BCUT2D eigenvalue weighted by Crippen LogP contribution is -2.14. The SMILES string of the molecule is COc1cccc(-c2nc(SC)[nH]c(=O)c2C#N)c1OC. The minimum Gasteiger partial charge on any atom is -0.493 e. The minimum atomic E-state index is -0.475. The van der Waals surface area contributed by atoms with Crippen molar-refractivity contribution in [2.45, 2.75) is 5.16 Å². The Morgan fingerprint density at radius 3 is 2.67 bits per heavy atom. The summed E-state index contributed by atoms with van der Waals surface area (Å²) in [5, 5.41) is 9.65. The van der Waals surface area contributed by atoms with Crippen LogP contribution < -0.4 is 15.0 Å². The van der Waals surface area contributed by atoms with Crippen LogP contribution in [0.2, 0.25) is 0 Å². The Morgan fingerprint density at radius 2 is 2.10 bits per heavy atom. The van der Waals surface area contributed by atoms with Crippen molar-refractivity contribution < 1.29 is 9.47 Å². The zero-order chi connectivity index (χ0) is 15.4. The van der Waals surface area contributed by atoms with E-state index in [-0.39, 0.29) is 11.3 Å². The molecule has 0 aliphatic carbocycles. The van der Waals surface area contributed by atoms with Gasteiger partial charge in [-0.1, -0.05) is 17.8 Å². The summed E-state index contributed by atoms with van der Waals surface area (Å²) in [5.74, 6) is 0.938. The largest absolute Gasteiger partial charge is 0.493 e. The van der Waals surface area contributed by atoms with Crippen molar-refractivity contribution >= 4 is 11.8 Å². The number of nitrogens with one attached hydrogen (secondary N) is 1. The third-order valence-electron chi connectivity index (χ3n) is 2.86. The van der Waals surface area contributed by atoms with Gasteiger partial charge in [0.05, 0.1) is 14.2 Å². The molecule has 0 spiro atoms. The van der Waals surface area contributed by atoms with Gasteiger partial charge in [-0.3, -0.25) is 4.79 Å². The second-order valence-electron chi connectivity index (χ2n) is 3.95. The van der Waals surface area contributed by atoms with Crippen molar-refractivity contribution in [2.24, 2.45) is 0 Å². The summed E-state index contributed by atoms with van der Waals surface area (Å²) < 4.78 is 10.6. The van der Waals surface area contributed by atoms with Gasteiger partial charge in [0, 0.05) is 5.56 Å². The number of hydrogen-bond acceptors (Lipinski definition) is 6. The number of methoxy groups -OCH3 is 2. The molecule has 0 bridgehead atoms. The van der Waals surface area contributed by atoms with Gasteiger partial charge >= 0.3 is 0 Å². The minimum absolute atomic E-state index is 0.0562. The maximum atomic E-state index is 12.0. The highest BCUT2D eigenvalue weighted by atomic mass is 32.2. The van der Waals surface area contributed by atoms with Gasteiger partial charge in [-0.05, 0) is 18.4 Å². The topological polar surface area (TPSA) is 88.0 Å². The van der Waals surface area contributed by atoms with Gasteiger partial charge in [-0.15, -0.1) is 0 Å². The molecule has 1 aromatic heterocycles. The Balaban J connectivity index is 2.81. The second kappa shape index (κ2) is 6.33. The molecular formula is C14H13N3O3S. The van der Waals surface area contributed by atoms with Crippen molar-refractivity contribution in [1.29, 1.82) is 5.26 Å². The van der Waals surface area contributed by atoms with Crippen LogP contribution in [-0.2, 0) is 0 Å². The fraction of sp³-hybridized carbons (Fsp3) is 0.214. The Kier molecular flexibility index (Phi) is 4.50. The molecule has 0 aliphatic heterocycles. The number of benzene rings is 1. The van der Waals surface area contributed by atoms with Crippen LogP contribution in [0.15, 0.2) is 28.2 Å². The number of hydrogen-bond donors (Lipinski definition) is 1. The van der Waals surface area contributed by atoms with Crippen LogP contribution in [0.5, 0.6) is 11.5 Å². The first kappa shape index (κ1) is 14.9. The molecule has 0 saturated heterocycles. The van der Waals surface area contributed by atoms with Gasteiger partial charge in [-0.25, -0.2) is 4.98 Å². The molecule has 2 rings (SSSR count). The zero-order valence-corrected chi connectivity index (χ0v) is 12.6. The number of aromatic nitrogens is 2. The van der Waals surface area contributed by atoms with Gasteiger partial charge in [-0.2, -0.15) is 5.26 Å². The van der Waals surface area contributed by atoms with Crippen LogP contribution in [0.4, 0.5) is 0 Å². The molecule has 1 N–H and O–H groups in total. The van der Waals surface area contributed by atoms with E-state index in [0.29, 0.717) is 22.2 Å². The van der Waals surface area contributed by atoms with Crippen LogP contribution in [0.1, 0.15) is 5.56 Å². The molecule has 21 heavy (non-hydrogen) atoms. The Morgan fingerprint density at radius 1 is 1.33 bits per heavy atom. The van der Waals surface area contributed by atoms with Crippen molar-refractivity contribution in [3.63, 3.8) is 0 Å². The zero-order valence-electron chi connectivity index (χ0n) is 11.8. The smallest absolute Gasteiger partial charge is 0.270 e. The first-order valence-corrected chi connectivity index (χ1v) is 7.18. The third-order valence-corrected chi connectivity index (χ3v) is 3.44. The van der Waals surface area contributed by atoms with E-state index in [1.807, 2.05) is 6.07 Å². The number of aromatic amines is 1. The molecule has 0 atom stereocenters. The van der Waals surface area contributed by atoms with E-state index in [2.05, 4.69) is 9.97 Å². The molecule has 0 aliphatic rings. The summed E-state index contributed by atoms with van der Waals surface area (Å²) in [6, 6.07) is 7.10. The number of thioether (sulfide) groups is 1. The maximum Gasteiger partial charge on any atom is 0.270 e. The van der Waals surface area contributed by atoms with Crippen LogP contribution in [0.25, 0.3) is 11.3 Å². The molecule has 0 amide bonds. The fourth-order valence-corrected chi connectivity index (χ4v) is 2.30. The Labute approximate surface area is 125 Å². The molecule has 0 fully saturated rings. The van der Waals surface area contributed by atoms with Gasteiger partial charge in [0.15, 0.2) is 16.7 Å². The number of nitrogens with zero attached hydrogens (tertiary/aromatic N) is 2. The van der Waals surface area contributed by atoms with Gasteiger partial charge in [0.1, 0.15) is 17.3 Å². The Hall–Kier alpha value is -2.46. The number of nitriles is 1. The highest BCUT2D eigenvalue weighted by Crippen LogP contribution is 2.37. The predicted octanol–water partition coefficient (Wildman–Crippen LogP) is 2.05. The van der Waals surface area contributed by atoms with E-state index >= 15 is 0 Å². The summed E-state index contributed by atoms with van der Waals surface area (Å²) >= 11 is 1.29. The molecule has 7 heteroatoms. The summed E-state index contributed by atoms with van der Waals surface area (Å²) in [7, 11) is 3.02. The lowest BCUT2D eigenvalue weighted by Gasteiger charge is -2.13. The van der Waals surface area contributed by atoms with Gasteiger partial charge in [0.2, 0.25) is 0 Å². The third kappa shape index (κ3) is 2.71. The van der Waals surface area contributed by atoms with E-state index < -0.39 is 5.56 Å². The molecule has 0 unspecified atom stereocenters. The number of rotatable bonds is 4. The highest BCUT2D eigenvalue weighted by molar-refractivity contribution is 7.98. The molecule has 2 aromatic rings. The van der Waals surface area contributed by atoms with E-state index in [1.165, 1.54) is 26.0 Å². The van der Waals surface area contributed by atoms with Crippen LogP contribution >= 0.6 is 11.8 Å². The van der Waals surface area contributed by atoms with E-state index in [4.69, 9.17) is 9.47 Å². The number of ether oxygens (including phenoxy) is 2. The van der Waals surface area contributed by atoms with Crippen LogP contribution in [0.3, 0.4) is 0 Å². The lowest BCUT2D eigenvalue weighted by molar-refractivity contribution is 0.356. The molecular weight excluding hydrogens is 290 g/mol. The molecule has 6 nitrogen and oxygen atoms in total. The lowest BCUT2D eigenvalue weighted by atomic mass is 10.1. The summed E-state index contributed by atoms with van der Waals surface area (Å²) in [5.41, 5.74) is 0.284. The molecule has 1 heterocycles. The average molecular weight is 303 g/mol. The predicted molar refractivity (Wildman–Crippen MR) is 79.9 cm³/mol. The monoisotopic (exact) mass is 303 g/mol. The van der Waals surface area contributed by atoms with E-state index in [0.717, 1.165) is 0 Å². The molecule has 108 valence electrons. The Bertz CT molecular complexity index is 765. The van der Waals surface area contributed by atoms with Crippen LogP contribution in [-0.4, -0.2) is 30.4 Å². The van der Waals surface area contributed by atoms with Crippen molar-refractivity contribution in [2.75, 3.05) is 20.5 Å². The maximum absolute atomic E-state index is 12.0. The van der Waals surface area contributed by atoms with Crippen molar-refractivity contribution in [3.05, 3.63) is 34.1 Å². The summed E-state index contributed by atoms with van der Waals surface area (Å²) in [4.78, 5) is 18.9. The standard InChI is InChI=1S/C14H13N3O3S/c1-19-10-6-4-5-8(12(10)20-2)11-9(7-15)13(18)17-14(16-11)21-3/h4-6H,1-3H3,(H,16,17,18). The first-order valence-electron chi connectivity index (χ1n) is 5.96. The van der Waals surface area contributed by atoms with E-state index in [1.54, 1.807) is 24.5 Å². The number of para-hydroxylation sites is 1. The average Bonchev–Trinajstić information content (AvgIpc) is 2.52. The van der Waals surface area contributed by atoms with Crippen molar-refractivity contribution in [3.8, 4) is 28.8 Å². The normalized spacial score (nSPS) is 10.0. The van der Waals surface area contributed by atoms with E-state index in [9.17, 15) is 10.1 Å².